The summed E-state index contributed by atoms with van der Waals surface area (Å²) in [5.74, 6) is -0.202. The number of carbonyl (C=O) groups is 2. The molecule has 0 spiro atoms. The maximum absolute atomic E-state index is 11.4. The summed E-state index contributed by atoms with van der Waals surface area (Å²) in [6.07, 6.45) is 3.65. The van der Waals surface area contributed by atoms with Gasteiger partial charge in [-0.25, -0.2) is 4.79 Å². The van der Waals surface area contributed by atoms with E-state index in [0.717, 1.165) is 0 Å². The number of nitrogens with one attached hydrogen (secondary N) is 2. The fourth-order valence-electron chi connectivity index (χ4n) is 2.14. The summed E-state index contributed by atoms with van der Waals surface area (Å²) in [7, 11) is 0. The van der Waals surface area contributed by atoms with Crippen molar-refractivity contribution in [3.8, 4) is 0 Å². The predicted molar refractivity (Wildman–Crippen MR) is 64.7 cm³/mol. The van der Waals surface area contributed by atoms with E-state index >= 15 is 0 Å². The summed E-state index contributed by atoms with van der Waals surface area (Å²) < 4.78 is 0. The molecule has 0 aromatic heterocycles. The zero-order valence-corrected chi connectivity index (χ0v) is 10.5. The first-order valence-electron chi connectivity index (χ1n) is 6.25. The number of hydrogen-bond acceptors (Lipinski definition) is 2. The Morgan fingerprint density at radius 2 is 2.06 bits per heavy atom. The third-order valence-electron chi connectivity index (χ3n) is 3.55. The van der Waals surface area contributed by atoms with Crippen molar-refractivity contribution in [1.29, 1.82) is 0 Å². The molecule has 1 rings (SSSR count). The van der Waals surface area contributed by atoms with Gasteiger partial charge in [0, 0.05) is 13.1 Å². The van der Waals surface area contributed by atoms with E-state index in [1.165, 1.54) is 19.3 Å². The van der Waals surface area contributed by atoms with Crippen molar-refractivity contribution < 1.29 is 14.7 Å². The minimum Gasteiger partial charge on any atom is -0.481 e. The van der Waals surface area contributed by atoms with Gasteiger partial charge in [0.25, 0.3) is 0 Å². The van der Waals surface area contributed by atoms with Gasteiger partial charge in [-0.15, -0.1) is 0 Å². The highest BCUT2D eigenvalue weighted by Gasteiger charge is 2.23. The van der Waals surface area contributed by atoms with Crippen LogP contribution in [0.15, 0.2) is 0 Å². The highest BCUT2D eigenvalue weighted by atomic mass is 16.4. The van der Waals surface area contributed by atoms with Gasteiger partial charge in [-0.3, -0.25) is 4.79 Å². The van der Waals surface area contributed by atoms with Crippen LogP contribution in [-0.2, 0) is 4.79 Å². The molecule has 0 heterocycles. The number of urea groups is 1. The molecule has 0 aromatic carbocycles. The van der Waals surface area contributed by atoms with Crippen molar-refractivity contribution >= 4 is 12.0 Å². The lowest BCUT2D eigenvalue weighted by Gasteiger charge is -2.16. The van der Waals surface area contributed by atoms with Crippen molar-refractivity contribution in [3.63, 3.8) is 0 Å². The molecule has 5 heteroatoms. The molecule has 1 aliphatic rings. The maximum Gasteiger partial charge on any atom is 0.314 e. The summed E-state index contributed by atoms with van der Waals surface area (Å²) in [5.41, 5.74) is 0. The van der Waals surface area contributed by atoms with Crippen LogP contribution in [0.3, 0.4) is 0 Å². The Kier molecular flexibility index (Phi) is 5.25. The van der Waals surface area contributed by atoms with Crippen molar-refractivity contribution in [1.82, 2.24) is 10.6 Å². The quantitative estimate of drug-likeness (QED) is 0.682. The van der Waals surface area contributed by atoms with Gasteiger partial charge in [0.1, 0.15) is 0 Å². The number of carbonyl (C=O) groups excluding carboxylic acids is 1. The lowest BCUT2D eigenvalue weighted by Crippen LogP contribution is -2.41. The Morgan fingerprint density at radius 1 is 1.35 bits per heavy atom. The van der Waals surface area contributed by atoms with Crippen LogP contribution in [0.1, 0.15) is 33.1 Å². The summed E-state index contributed by atoms with van der Waals surface area (Å²) in [6, 6.07) is -0.266. The number of carboxylic acid groups (broad SMARTS) is 1. The normalized spacial score (nSPS) is 25.3. The van der Waals surface area contributed by atoms with Crippen LogP contribution in [0.25, 0.3) is 0 Å². The van der Waals surface area contributed by atoms with Crippen LogP contribution in [0.2, 0.25) is 0 Å². The van der Waals surface area contributed by atoms with Gasteiger partial charge >= 0.3 is 12.0 Å². The number of amides is 2. The van der Waals surface area contributed by atoms with Gasteiger partial charge in [0.2, 0.25) is 0 Å². The summed E-state index contributed by atoms with van der Waals surface area (Å²) >= 11 is 0. The molecule has 2 amide bonds. The standard InChI is InChI=1S/C12H22N2O3/c1-8-4-3-5-10(8)7-14-12(17)13-6-9(2)11(15)16/h8-10H,3-7H2,1-2H3,(H,15,16)(H2,13,14,17). The first-order valence-corrected chi connectivity index (χ1v) is 6.25. The lowest BCUT2D eigenvalue weighted by atomic mass is 9.98. The largest absolute Gasteiger partial charge is 0.481 e. The van der Waals surface area contributed by atoms with E-state index in [2.05, 4.69) is 17.6 Å². The molecule has 1 fully saturated rings. The molecule has 98 valence electrons. The monoisotopic (exact) mass is 242 g/mol. The van der Waals surface area contributed by atoms with Crippen LogP contribution >= 0.6 is 0 Å². The van der Waals surface area contributed by atoms with Crippen LogP contribution in [-0.4, -0.2) is 30.2 Å². The molecule has 1 saturated carbocycles. The van der Waals surface area contributed by atoms with Gasteiger partial charge in [-0.05, 0) is 18.3 Å². The molecule has 1 aliphatic carbocycles. The van der Waals surface area contributed by atoms with Crippen molar-refractivity contribution in [2.24, 2.45) is 17.8 Å². The molecule has 17 heavy (non-hydrogen) atoms. The molecule has 0 aromatic rings. The van der Waals surface area contributed by atoms with E-state index in [4.69, 9.17) is 5.11 Å². The Bertz CT molecular complexity index is 281. The number of hydrogen-bond donors (Lipinski definition) is 3. The topological polar surface area (TPSA) is 78.4 Å². The molecule has 0 radical (unpaired) electrons. The van der Waals surface area contributed by atoms with E-state index in [-0.39, 0.29) is 12.6 Å². The first kappa shape index (κ1) is 13.8. The zero-order valence-electron chi connectivity index (χ0n) is 10.5. The molecule has 3 N–H and O–H groups in total. The molecule has 0 bridgehead atoms. The van der Waals surface area contributed by atoms with E-state index in [0.29, 0.717) is 18.4 Å². The van der Waals surface area contributed by atoms with Crippen molar-refractivity contribution in [3.05, 3.63) is 0 Å². The Balaban J connectivity index is 2.15. The Labute approximate surface area is 102 Å². The average Bonchev–Trinajstić information content (AvgIpc) is 2.68. The van der Waals surface area contributed by atoms with Gasteiger partial charge in [-0.1, -0.05) is 26.7 Å². The van der Waals surface area contributed by atoms with Crippen LogP contribution in [0.5, 0.6) is 0 Å². The molecule has 3 unspecified atom stereocenters. The highest BCUT2D eigenvalue weighted by Crippen LogP contribution is 2.30. The minimum atomic E-state index is -0.894. The van der Waals surface area contributed by atoms with E-state index in [9.17, 15) is 9.59 Å². The molecule has 0 aliphatic heterocycles. The second kappa shape index (κ2) is 6.47. The minimum absolute atomic E-state index is 0.168. The van der Waals surface area contributed by atoms with Gasteiger partial charge in [0.15, 0.2) is 0 Å². The average molecular weight is 242 g/mol. The summed E-state index contributed by atoms with van der Waals surface area (Å²) in [6.45, 7) is 4.64. The van der Waals surface area contributed by atoms with Crippen LogP contribution in [0, 0.1) is 17.8 Å². The second-order valence-electron chi connectivity index (χ2n) is 5.00. The third-order valence-corrected chi connectivity index (χ3v) is 3.55. The molecular formula is C12H22N2O3. The number of rotatable bonds is 5. The fourth-order valence-corrected chi connectivity index (χ4v) is 2.14. The van der Waals surface area contributed by atoms with Gasteiger partial charge in [0.05, 0.1) is 5.92 Å². The van der Waals surface area contributed by atoms with Crippen molar-refractivity contribution in [2.45, 2.75) is 33.1 Å². The van der Waals surface area contributed by atoms with Crippen LogP contribution in [0.4, 0.5) is 4.79 Å². The first-order chi connectivity index (χ1) is 8.00. The maximum atomic E-state index is 11.4. The summed E-state index contributed by atoms with van der Waals surface area (Å²) in [4.78, 5) is 22.0. The Hall–Kier alpha value is -1.26. The molecule has 0 saturated heterocycles. The third kappa shape index (κ3) is 4.63. The molecule has 5 nitrogen and oxygen atoms in total. The smallest absolute Gasteiger partial charge is 0.314 e. The van der Waals surface area contributed by atoms with Gasteiger partial charge in [-0.2, -0.15) is 0 Å². The van der Waals surface area contributed by atoms with E-state index < -0.39 is 11.9 Å². The van der Waals surface area contributed by atoms with Crippen LogP contribution < -0.4 is 10.6 Å². The zero-order chi connectivity index (χ0) is 12.8. The highest BCUT2D eigenvalue weighted by molar-refractivity contribution is 5.75. The molecular weight excluding hydrogens is 220 g/mol. The lowest BCUT2D eigenvalue weighted by molar-refractivity contribution is -0.140. The second-order valence-corrected chi connectivity index (χ2v) is 5.00. The number of aliphatic carboxylic acids is 1. The van der Waals surface area contributed by atoms with Crippen molar-refractivity contribution in [2.75, 3.05) is 13.1 Å². The number of carboxylic acids is 1. The predicted octanol–water partition coefficient (Wildman–Crippen LogP) is 1.44. The molecule has 3 atom stereocenters. The SMILES string of the molecule is CC(CNC(=O)NCC1CCCC1C)C(=O)O. The Morgan fingerprint density at radius 3 is 2.59 bits per heavy atom. The summed E-state index contributed by atoms with van der Waals surface area (Å²) in [5, 5.41) is 14.0. The van der Waals surface area contributed by atoms with E-state index in [1.807, 2.05) is 0 Å². The van der Waals surface area contributed by atoms with E-state index in [1.54, 1.807) is 6.92 Å². The fraction of sp³-hybridized carbons (Fsp3) is 0.833. The van der Waals surface area contributed by atoms with Gasteiger partial charge < -0.3 is 15.7 Å².